The van der Waals surface area contributed by atoms with Gasteiger partial charge in [-0.15, -0.1) is 0 Å². The molecule has 1 N–H and O–H groups in total. The molecule has 0 atom stereocenters. The smallest absolute Gasteiger partial charge is 0.0688 e. The minimum Gasteiger partial charge on any atom is -0.392 e. The van der Waals surface area contributed by atoms with Crippen LogP contribution in [0.4, 0.5) is 0 Å². The number of aliphatic hydroxyl groups is 1. The second kappa shape index (κ2) is 6.95. The van der Waals surface area contributed by atoms with Gasteiger partial charge >= 0.3 is 0 Å². The highest BCUT2D eigenvalue weighted by molar-refractivity contribution is 6.22. The van der Waals surface area contributed by atoms with Gasteiger partial charge in [-0.05, 0) is 49.4 Å². The van der Waals surface area contributed by atoms with Gasteiger partial charge in [0.25, 0.3) is 0 Å². The van der Waals surface area contributed by atoms with Crippen LogP contribution in [0, 0.1) is 0 Å². The lowest BCUT2D eigenvalue weighted by Gasteiger charge is -2.19. The Morgan fingerprint density at radius 1 is 0.464 bits per heavy atom. The van der Waals surface area contributed by atoms with E-state index in [0.29, 0.717) is 0 Å². The summed E-state index contributed by atoms with van der Waals surface area (Å²) in [6.07, 6.45) is 0. The first-order valence-electron chi connectivity index (χ1n) is 9.56. The molecule has 0 fully saturated rings. The van der Waals surface area contributed by atoms with E-state index in [2.05, 4.69) is 78.9 Å². The number of aliphatic hydroxyl groups excluding tert-OH is 1. The van der Waals surface area contributed by atoms with Gasteiger partial charge in [-0.25, -0.2) is 0 Å². The van der Waals surface area contributed by atoms with E-state index in [-0.39, 0.29) is 6.61 Å². The molecule has 5 rings (SSSR count). The van der Waals surface area contributed by atoms with Crippen molar-refractivity contribution in [3.63, 3.8) is 0 Å². The fourth-order valence-electron chi connectivity index (χ4n) is 4.25. The van der Waals surface area contributed by atoms with E-state index in [4.69, 9.17) is 0 Å². The number of benzene rings is 5. The molecule has 0 bridgehead atoms. The van der Waals surface area contributed by atoms with Crippen molar-refractivity contribution >= 4 is 21.5 Å². The van der Waals surface area contributed by atoms with Crippen LogP contribution in [0.3, 0.4) is 0 Å². The number of hydrogen-bond donors (Lipinski definition) is 1. The van der Waals surface area contributed by atoms with Gasteiger partial charge < -0.3 is 5.11 Å². The lowest BCUT2D eigenvalue weighted by Crippen LogP contribution is -1.94. The molecular weight excluding hydrogens is 340 g/mol. The third kappa shape index (κ3) is 2.60. The zero-order valence-electron chi connectivity index (χ0n) is 15.5. The minimum absolute atomic E-state index is 0.0176. The van der Waals surface area contributed by atoms with Gasteiger partial charge in [-0.3, -0.25) is 0 Å². The predicted molar refractivity (Wildman–Crippen MR) is 118 cm³/mol. The fourth-order valence-corrected chi connectivity index (χ4v) is 4.25. The first kappa shape index (κ1) is 16.7. The molecule has 0 aromatic heterocycles. The lowest BCUT2D eigenvalue weighted by atomic mass is 9.84. The van der Waals surface area contributed by atoms with Crippen LogP contribution in [-0.2, 0) is 6.61 Å². The molecule has 0 saturated heterocycles. The van der Waals surface area contributed by atoms with Crippen LogP contribution >= 0.6 is 0 Å². The molecule has 0 saturated carbocycles. The normalized spacial score (nSPS) is 11.2. The maximum atomic E-state index is 10.1. The fraction of sp³-hybridized carbons (Fsp3) is 0.0370. The Morgan fingerprint density at radius 3 is 1.57 bits per heavy atom. The van der Waals surface area contributed by atoms with Gasteiger partial charge in [0.1, 0.15) is 0 Å². The molecule has 0 spiro atoms. The standard InChI is InChI=1S/C27H20O/c28-18-21-14-9-17-24-25(19-10-3-1-4-11-19)22-15-7-8-16-23(22)26(27(21)24)20-12-5-2-6-13-20/h1-17,28H,18H2. The summed E-state index contributed by atoms with van der Waals surface area (Å²) >= 11 is 0. The molecule has 0 heterocycles. The second-order valence-corrected chi connectivity index (χ2v) is 7.03. The van der Waals surface area contributed by atoms with E-state index >= 15 is 0 Å². The summed E-state index contributed by atoms with van der Waals surface area (Å²) in [5.41, 5.74) is 5.73. The van der Waals surface area contributed by atoms with E-state index in [1.165, 1.54) is 38.4 Å². The van der Waals surface area contributed by atoms with Gasteiger partial charge in [0.15, 0.2) is 0 Å². The van der Waals surface area contributed by atoms with Crippen molar-refractivity contribution in [2.24, 2.45) is 0 Å². The first-order valence-corrected chi connectivity index (χ1v) is 9.56. The monoisotopic (exact) mass is 360 g/mol. The van der Waals surface area contributed by atoms with Crippen LogP contribution in [0.1, 0.15) is 5.56 Å². The average molecular weight is 360 g/mol. The minimum atomic E-state index is 0.0176. The Labute approximate surface area is 164 Å². The third-order valence-electron chi connectivity index (χ3n) is 5.43. The number of fused-ring (bicyclic) bond motifs is 2. The Hall–Kier alpha value is -3.42. The van der Waals surface area contributed by atoms with Gasteiger partial charge in [0.05, 0.1) is 6.61 Å². The zero-order valence-corrected chi connectivity index (χ0v) is 15.5. The van der Waals surface area contributed by atoms with Crippen LogP contribution in [-0.4, -0.2) is 5.11 Å². The molecule has 0 amide bonds. The van der Waals surface area contributed by atoms with Crippen molar-refractivity contribution in [2.45, 2.75) is 6.61 Å². The molecule has 1 nitrogen and oxygen atoms in total. The van der Waals surface area contributed by atoms with Crippen molar-refractivity contribution in [2.75, 3.05) is 0 Å². The van der Waals surface area contributed by atoms with Gasteiger partial charge in [0, 0.05) is 0 Å². The maximum absolute atomic E-state index is 10.1. The van der Waals surface area contributed by atoms with Crippen molar-refractivity contribution in [3.05, 3.63) is 109 Å². The Bertz CT molecular complexity index is 1270. The van der Waals surface area contributed by atoms with Crippen LogP contribution < -0.4 is 0 Å². The molecular formula is C27H20O. The molecule has 0 radical (unpaired) electrons. The van der Waals surface area contributed by atoms with E-state index in [9.17, 15) is 5.11 Å². The summed E-state index contributed by atoms with van der Waals surface area (Å²) < 4.78 is 0. The van der Waals surface area contributed by atoms with E-state index in [1.807, 2.05) is 24.3 Å². The summed E-state index contributed by atoms with van der Waals surface area (Å²) in [5.74, 6) is 0. The predicted octanol–water partition coefficient (Wildman–Crippen LogP) is 6.82. The highest BCUT2D eigenvalue weighted by Gasteiger charge is 2.18. The maximum Gasteiger partial charge on any atom is 0.0688 e. The van der Waals surface area contributed by atoms with Gasteiger partial charge in [-0.2, -0.15) is 0 Å². The van der Waals surface area contributed by atoms with Crippen LogP contribution in [0.5, 0.6) is 0 Å². The second-order valence-electron chi connectivity index (χ2n) is 7.03. The molecule has 28 heavy (non-hydrogen) atoms. The summed E-state index contributed by atoms with van der Waals surface area (Å²) in [6, 6.07) is 35.9. The zero-order chi connectivity index (χ0) is 18.9. The summed E-state index contributed by atoms with van der Waals surface area (Å²) in [7, 11) is 0. The summed E-state index contributed by atoms with van der Waals surface area (Å²) in [5, 5.41) is 14.9. The van der Waals surface area contributed by atoms with Gasteiger partial charge in [-0.1, -0.05) is 103 Å². The first-order chi connectivity index (χ1) is 13.9. The van der Waals surface area contributed by atoms with E-state index in [0.717, 1.165) is 10.9 Å². The third-order valence-corrected chi connectivity index (χ3v) is 5.43. The molecule has 5 aromatic rings. The molecule has 0 aliphatic rings. The van der Waals surface area contributed by atoms with Crippen molar-refractivity contribution in [1.29, 1.82) is 0 Å². The van der Waals surface area contributed by atoms with Crippen LogP contribution in [0.15, 0.2) is 103 Å². The number of rotatable bonds is 3. The molecule has 1 heteroatoms. The Kier molecular flexibility index (Phi) is 4.16. The molecule has 134 valence electrons. The SMILES string of the molecule is OCc1cccc2c(-c3ccccc3)c3ccccc3c(-c3ccccc3)c12. The molecule has 0 unspecified atom stereocenters. The molecule has 5 aromatic carbocycles. The summed E-state index contributed by atoms with van der Waals surface area (Å²) in [6.45, 7) is 0.0176. The largest absolute Gasteiger partial charge is 0.392 e. The summed E-state index contributed by atoms with van der Waals surface area (Å²) in [4.78, 5) is 0. The topological polar surface area (TPSA) is 20.2 Å². The highest BCUT2D eigenvalue weighted by Crippen LogP contribution is 2.44. The number of hydrogen-bond acceptors (Lipinski definition) is 1. The average Bonchev–Trinajstić information content (AvgIpc) is 2.78. The quantitative estimate of drug-likeness (QED) is 0.350. The van der Waals surface area contributed by atoms with Gasteiger partial charge in [0.2, 0.25) is 0 Å². The van der Waals surface area contributed by atoms with Crippen LogP contribution in [0.25, 0.3) is 43.8 Å². The van der Waals surface area contributed by atoms with Crippen molar-refractivity contribution in [1.82, 2.24) is 0 Å². The Balaban J connectivity index is 2.06. The Morgan fingerprint density at radius 2 is 0.964 bits per heavy atom. The van der Waals surface area contributed by atoms with E-state index in [1.54, 1.807) is 0 Å². The molecule has 0 aliphatic carbocycles. The van der Waals surface area contributed by atoms with Crippen molar-refractivity contribution < 1.29 is 5.11 Å². The highest BCUT2D eigenvalue weighted by atomic mass is 16.3. The van der Waals surface area contributed by atoms with E-state index < -0.39 is 0 Å². The van der Waals surface area contributed by atoms with Crippen LogP contribution in [0.2, 0.25) is 0 Å². The van der Waals surface area contributed by atoms with Crippen molar-refractivity contribution in [3.8, 4) is 22.3 Å². The molecule has 0 aliphatic heterocycles. The lowest BCUT2D eigenvalue weighted by molar-refractivity contribution is 0.283.